The number of hydrogen-bond acceptors (Lipinski definition) is 4. The topological polar surface area (TPSA) is 46.5 Å². The average Bonchev–Trinajstić information content (AvgIpc) is 2.52. The molecule has 0 saturated carbocycles. The van der Waals surface area contributed by atoms with Crippen molar-refractivity contribution in [1.82, 2.24) is 4.98 Å². The Hall–Kier alpha value is -2.57. The second kappa shape index (κ2) is 6.46. The minimum absolute atomic E-state index is 0.232. The first-order valence-corrected chi connectivity index (χ1v) is 6.38. The Balaban J connectivity index is 2.10. The van der Waals surface area contributed by atoms with E-state index in [1.54, 1.807) is 20.1 Å². The maximum atomic E-state index is 12.4. The molecule has 0 aliphatic rings. The molecule has 1 aromatic carbocycles. The van der Waals surface area contributed by atoms with E-state index < -0.39 is 11.7 Å². The van der Waals surface area contributed by atoms with Gasteiger partial charge in [0, 0.05) is 11.8 Å². The van der Waals surface area contributed by atoms with Crippen molar-refractivity contribution in [3.8, 4) is 5.75 Å². The number of aromatic nitrogens is 1. The van der Waals surface area contributed by atoms with E-state index in [4.69, 9.17) is 4.74 Å². The molecule has 1 aromatic heterocycles. The summed E-state index contributed by atoms with van der Waals surface area (Å²) in [6, 6.07) is 9.46. The lowest BCUT2D eigenvalue weighted by Gasteiger charge is -2.07. The highest BCUT2D eigenvalue weighted by Gasteiger charge is 2.30. The second-order valence-corrected chi connectivity index (χ2v) is 4.47. The maximum Gasteiger partial charge on any atom is 0.417 e. The minimum atomic E-state index is -4.40. The van der Waals surface area contributed by atoms with Crippen molar-refractivity contribution in [3.63, 3.8) is 0 Å². The van der Waals surface area contributed by atoms with Crippen LogP contribution in [0.15, 0.2) is 47.7 Å². The van der Waals surface area contributed by atoms with Crippen LogP contribution in [-0.4, -0.2) is 17.8 Å². The lowest BCUT2D eigenvalue weighted by Crippen LogP contribution is -2.06. The van der Waals surface area contributed by atoms with Gasteiger partial charge in [-0.15, -0.1) is 0 Å². The number of nitrogens with one attached hydrogen (secondary N) is 1. The molecule has 1 heterocycles. The zero-order valence-electron chi connectivity index (χ0n) is 12.0. The SMILES string of the molecule is COc1cccc(/C(C)=N/Nc2ccc(C(F)(F)F)cn2)c1. The van der Waals surface area contributed by atoms with Gasteiger partial charge < -0.3 is 4.74 Å². The van der Waals surface area contributed by atoms with Crippen molar-refractivity contribution < 1.29 is 17.9 Å². The monoisotopic (exact) mass is 309 g/mol. The maximum absolute atomic E-state index is 12.4. The number of halogens is 3. The predicted octanol–water partition coefficient (Wildman–Crippen LogP) is 3.95. The number of benzene rings is 1. The summed E-state index contributed by atoms with van der Waals surface area (Å²) in [6.07, 6.45) is -3.63. The van der Waals surface area contributed by atoms with Crippen LogP contribution < -0.4 is 10.2 Å². The first kappa shape index (κ1) is 15.8. The molecular formula is C15H14F3N3O. The van der Waals surface area contributed by atoms with Gasteiger partial charge in [0.1, 0.15) is 11.6 Å². The Morgan fingerprint density at radius 3 is 2.59 bits per heavy atom. The second-order valence-electron chi connectivity index (χ2n) is 4.47. The van der Waals surface area contributed by atoms with Gasteiger partial charge in [-0.2, -0.15) is 18.3 Å². The molecule has 7 heteroatoms. The molecule has 0 bridgehead atoms. The highest BCUT2D eigenvalue weighted by Crippen LogP contribution is 2.28. The van der Waals surface area contributed by atoms with Gasteiger partial charge >= 0.3 is 6.18 Å². The third-order valence-corrected chi connectivity index (χ3v) is 2.92. The van der Waals surface area contributed by atoms with Gasteiger partial charge in [-0.3, -0.25) is 5.43 Å². The zero-order chi connectivity index (χ0) is 16.2. The normalized spacial score (nSPS) is 12.1. The summed E-state index contributed by atoms with van der Waals surface area (Å²) in [5.41, 5.74) is 3.31. The van der Waals surface area contributed by atoms with Crippen LogP contribution in [0.5, 0.6) is 5.75 Å². The highest BCUT2D eigenvalue weighted by atomic mass is 19.4. The first-order valence-electron chi connectivity index (χ1n) is 6.38. The van der Waals surface area contributed by atoms with Gasteiger partial charge in [0.25, 0.3) is 0 Å². The third-order valence-electron chi connectivity index (χ3n) is 2.92. The molecule has 1 N–H and O–H groups in total. The smallest absolute Gasteiger partial charge is 0.417 e. The van der Waals surface area contributed by atoms with Crippen molar-refractivity contribution in [2.45, 2.75) is 13.1 Å². The number of hydrazone groups is 1. The predicted molar refractivity (Wildman–Crippen MR) is 78.1 cm³/mol. The van der Waals surface area contributed by atoms with Gasteiger partial charge in [-0.1, -0.05) is 12.1 Å². The fraction of sp³-hybridized carbons (Fsp3) is 0.200. The Morgan fingerprint density at radius 1 is 1.23 bits per heavy atom. The molecule has 0 saturated heterocycles. The third kappa shape index (κ3) is 3.97. The van der Waals surface area contributed by atoms with Crippen LogP contribution in [0.1, 0.15) is 18.1 Å². The number of alkyl halides is 3. The van der Waals surface area contributed by atoms with E-state index in [1.807, 2.05) is 18.2 Å². The lowest BCUT2D eigenvalue weighted by molar-refractivity contribution is -0.137. The summed E-state index contributed by atoms with van der Waals surface area (Å²) < 4.78 is 42.4. The molecule has 0 atom stereocenters. The quantitative estimate of drug-likeness (QED) is 0.687. The minimum Gasteiger partial charge on any atom is -0.497 e. The summed E-state index contributed by atoms with van der Waals surface area (Å²) in [7, 11) is 1.57. The molecule has 0 fully saturated rings. The van der Waals surface area contributed by atoms with Gasteiger partial charge in [-0.05, 0) is 31.2 Å². The van der Waals surface area contributed by atoms with Gasteiger partial charge in [0.05, 0.1) is 18.4 Å². The molecule has 0 unspecified atom stereocenters. The molecule has 0 amide bonds. The van der Waals surface area contributed by atoms with E-state index in [-0.39, 0.29) is 5.82 Å². The summed E-state index contributed by atoms with van der Waals surface area (Å²) in [6.45, 7) is 1.77. The Morgan fingerprint density at radius 2 is 2.00 bits per heavy atom. The Labute approximate surface area is 125 Å². The van der Waals surface area contributed by atoms with Gasteiger partial charge in [0.15, 0.2) is 0 Å². The molecule has 0 spiro atoms. The fourth-order valence-corrected chi connectivity index (χ4v) is 1.68. The number of anilines is 1. The number of methoxy groups -OCH3 is 1. The van der Waals surface area contributed by atoms with Crippen molar-refractivity contribution >= 4 is 11.5 Å². The zero-order valence-corrected chi connectivity index (χ0v) is 12.0. The summed E-state index contributed by atoms with van der Waals surface area (Å²) in [4.78, 5) is 3.68. The number of nitrogens with zero attached hydrogens (tertiary/aromatic N) is 2. The van der Waals surface area contributed by atoms with Crippen LogP contribution in [0.2, 0.25) is 0 Å². The van der Waals surface area contributed by atoms with Crippen LogP contribution in [0.4, 0.5) is 19.0 Å². The van der Waals surface area contributed by atoms with Crippen LogP contribution in [0.25, 0.3) is 0 Å². The summed E-state index contributed by atoms with van der Waals surface area (Å²) in [5, 5.41) is 4.10. The van der Waals surface area contributed by atoms with Crippen LogP contribution in [0.3, 0.4) is 0 Å². The molecule has 22 heavy (non-hydrogen) atoms. The standard InChI is InChI=1S/C15H14F3N3O/c1-10(11-4-3-5-13(8-11)22-2)20-21-14-7-6-12(9-19-14)15(16,17)18/h3-9H,1-2H3,(H,19,21)/b20-10+. The van der Waals surface area contributed by atoms with Crippen molar-refractivity contribution in [2.75, 3.05) is 12.5 Å². The van der Waals surface area contributed by atoms with Crippen LogP contribution in [0, 0.1) is 0 Å². The van der Waals surface area contributed by atoms with Crippen LogP contribution >= 0.6 is 0 Å². The van der Waals surface area contributed by atoms with E-state index in [0.29, 0.717) is 11.5 Å². The van der Waals surface area contributed by atoms with E-state index in [1.165, 1.54) is 6.07 Å². The van der Waals surface area contributed by atoms with E-state index in [0.717, 1.165) is 17.8 Å². The molecular weight excluding hydrogens is 295 g/mol. The van der Waals surface area contributed by atoms with Gasteiger partial charge in [0.2, 0.25) is 0 Å². The van der Waals surface area contributed by atoms with E-state index in [9.17, 15) is 13.2 Å². The van der Waals surface area contributed by atoms with E-state index in [2.05, 4.69) is 15.5 Å². The van der Waals surface area contributed by atoms with Crippen LogP contribution in [-0.2, 0) is 6.18 Å². The first-order chi connectivity index (χ1) is 10.4. The van der Waals surface area contributed by atoms with Crippen molar-refractivity contribution in [3.05, 3.63) is 53.7 Å². The molecule has 2 rings (SSSR count). The Kier molecular flexibility index (Phi) is 4.65. The molecule has 0 aliphatic carbocycles. The molecule has 4 nitrogen and oxygen atoms in total. The summed E-state index contributed by atoms with van der Waals surface area (Å²) in [5.74, 6) is 0.926. The van der Waals surface area contributed by atoms with Crippen molar-refractivity contribution in [1.29, 1.82) is 0 Å². The lowest BCUT2D eigenvalue weighted by atomic mass is 10.1. The summed E-state index contributed by atoms with van der Waals surface area (Å²) >= 11 is 0. The molecule has 2 aromatic rings. The molecule has 0 radical (unpaired) electrons. The number of ether oxygens (including phenoxy) is 1. The number of hydrogen-bond donors (Lipinski definition) is 1. The van der Waals surface area contributed by atoms with Gasteiger partial charge in [-0.25, -0.2) is 4.98 Å². The molecule has 0 aliphatic heterocycles. The molecule has 116 valence electrons. The average molecular weight is 309 g/mol. The largest absolute Gasteiger partial charge is 0.497 e. The highest BCUT2D eigenvalue weighted by molar-refractivity contribution is 5.99. The number of pyridine rings is 1. The fourth-order valence-electron chi connectivity index (χ4n) is 1.68. The Bertz CT molecular complexity index is 666. The van der Waals surface area contributed by atoms with E-state index >= 15 is 0 Å². The number of rotatable bonds is 4. The van der Waals surface area contributed by atoms with Crippen molar-refractivity contribution in [2.24, 2.45) is 5.10 Å².